The molecular weight excluding hydrogens is 473 g/mol. The first-order valence-corrected chi connectivity index (χ1v) is 11.7. The molecule has 2 aromatic carbocycles. The van der Waals surface area contributed by atoms with Crippen LogP contribution in [-0.2, 0) is 0 Å². The minimum absolute atomic E-state index is 0.310. The number of benzene rings is 2. The topological polar surface area (TPSA) is 86.4 Å². The van der Waals surface area contributed by atoms with Crippen molar-refractivity contribution in [2.45, 2.75) is 25.9 Å². The van der Waals surface area contributed by atoms with Gasteiger partial charge in [-0.05, 0) is 62.4 Å². The number of hydrogen-bond acceptors (Lipinski definition) is 5. The number of amides is 2. The molecule has 9 heteroatoms. The standard InChI is InChI=1S/C25H25Cl2N5O2/c1-15-13-32(14-16(2)29-15)23-9-6-18(12-28-23)25(34)30-20-7-8-21(27)22(11-20)31-24(33)17-4-3-5-19(26)10-17/h3-12,15-16,29H,13-14H2,1-2H3,(H,30,34)(H,31,33)/t15-,16+. The van der Waals surface area contributed by atoms with E-state index < -0.39 is 0 Å². The van der Waals surface area contributed by atoms with Gasteiger partial charge in [0.2, 0.25) is 0 Å². The van der Waals surface area contributed by atoms with Crippen LogP contribution in [0.2, 0.25) is 10.0 Å². The third-order valence-corrected chi connectivity index (χ3v) is 6.02. The number of piperazine rings is 1. The molecule has 3 N–H and O–H groups in total. The molecule has 0 radical (unpaired) electrons. The van der Waals surface area contributed by atoms with E-state index >= 15 is 0 Å². The SMILES string of the molecule is C[C@@H]1CN(c2ccc(C(=O)Nc3ccc(Cl)c(NC(=O)c4cccc(Cl)c4)c3)cn2)C[C@H](C)N1. The van der Waals surface area contributed by atoms with Gasteiger partial charge >= 0.3 is 0 Å². The number of halogens is 2. The molecule has 1 fully saturated rings. The molecule has 4 rings (SSSR count). The van der Waals surface area contributed by atoms with Crippen LogP contribution in [-0.4, -0.2) is 42.0 Å². The van der Waals surface area contributed by atoms with Crippen molar-refractivity contribution in [3.8, 4) is 0 Å². The highest BCUT2D eigenvalue weighted by molar-refractivity contribution is 6.34. The van der Waals surface area contributed by atoms with Gasteiger partial charge in [-0.15, -0.1) is 0 Å². The first-order chi connectivity index (χ1) is 16.3. The highest BCUT2D eigenvalue weighted by atomic mass is 35.5. The number of nitrogens with one attached hydrogen (secondary N) is 3. The number of rotatable bonds is 5. The maximum Gasteiger partial charge on any atom is 0.257 e. The Morgan fingerprint density at radius 1 is 0.941 bits per heavy atom. The molecule has 0 aliphatic carbocycles. The van der Waals surface area contributed by atoms with Crippen molar-refractivity contribution in [1.82, 2.24) is 10.3 Å². The van der Waals surface area contributed by atoms with Crippen LogP contribution in [0.5, 0.6) is 0 Å². The van der Waals surface area contributed by atoms with Crippen molar-refractivity contribution < 1.29 is 9.59 Å². The predicted octanol–water partition coefficient (Wildman–Crippen LogP) is 5.08. The zero-order valence-corrected chi connectivity index (χ0v) is 20.3. The van der Waals surface area contributed by atoms with Crippen LogP contribution in [0.4, 0.5) is 17.2 Å². The number of carbonyl (C=O) groups excluding carboxylic acids is 2. The molecule has 1 aliphatic rings. The fourth-order valence-electron chi connectivity index (χ4n) is 3.95. The molecule has 176 valence electrons. The van der Waals surface area contributed by atoms with Gasteiger partial charge in [-0.2, -0.15) is 0 Å². The summed E-state index contributed by atoms with van der Waals surface area (Å²) < 4.78 is 0. The Kier molecular flexibility index (Phi) is 7.36. The van der Waals surface area contributed by atoms with Crippen LogP contribution < -0.4 is 20.9 Å². The van der Waals surface area contributed by atoms with Gasteiger partial charge in [0.1, 0.15) is 5.82 Å². The van der Waals surface area contributed by atoms with Crippen molar-refractivity contribution in [2.75, 3.05) is 28.6 Å². The maximum absolute atomic E-state index is 12.8. The molecular formula is C25H25Cl2N5O2. The van der Waals surface area contributed by atoms with Gasteiger partial charge in [-0.1, -0.05) is 29.3 Å². The van der Waals surface area contributed by atoms with Gasteiger partial charge in [0, 0.05) is 47.6 Å². The Labute approximate surface area is 208 Å². The van der Waals surface area contributed by atoms with E-state index in [1.54, 1.807) is 54.7 Å². The largest absolute Gasteiger partial charge is 0.354 e. The summed E-state index contributed by atoms with van der Waals surface area (Å²) in [7, 11) is 0. The quantitative estimate of drug-likeness (QED) is 0.457. The normalized spacial score (nSPS) is 17.8. The Morgan fingerprint density at radius 3 is 2.35 bits per heavy atom. The van der Waals surface area contributed by atoms with Crippen molar-refractivity contribution in [3.05, 3.63) is 82.0 Å². The zero-order valence-electron chi connectivity index (χ0n) is 18.8. The van der Waals surface area contributed by atoms with Crippen LogP contribution in [0, 0.1) is 0 Å². The van der Waals surface area contributed by atoms with Crippen LogP contribution in [0.1, 0.15) is 34.6 Å². The Hall–Kier alpha value is -3.13. The molecule has 2 heterocycles. The minimum Gasteiger partial charge on any atom is -0.354 e. The highest BCUT2D eigenvalue weighted by Gasteiger charge is 2.22. The summed E-state index contributed by atoms with van der Waals surface area (Å²) in [5.74, 6) is 0.175. The molecule has 1 aliphatic heterocycles. The van der Waals surface area contributed by atoms with Crippen molar-refractivity contribution in [2.24, 2.45) is 0 Å². The molecule has 0 spiro atoms. The van der Waals surface area contributed by atoms with Gasteiger partial charge in [-0.3, -0.25) is 9.59 Å². The number of anilines is 3. The van der Waals surface area contributed by atoms with E-state index in [-0.39, 0.29) is 11.8 Å². The molecule has 7 nitrogen and oxygen atoms in total. The van der Waals surface area contributed by atoms with Crippen molar-refractivity contribution >= 4 is 52.2 Å². The fraction of sp³-hybridized carbons (Fsp3) is 0.240. The fourth-order valence-corrected chi connectivity index (χ4v) is 4.30. The van der Waals surface area contributed by atoms with Crippen LogP contribution in [0.15, 0.2) is 60.8 Å². The van der Waals surface area contributed by atoms with E-state index in [4.69, 9.17) is 23.2 Å². The molecule has 0 saturated carbocycles. The average molecular weight is 498 g/mol. The molecule has 1 aromatic heterocycles. The monoisotopic (exact) mass is 497 g/mol. The van der Waals surface area contributed by atoms with Gasteiger partial charge < -0.3 is 20.9 Å². The summed E-state index contributed by atoms with van der Waals surface area (Å²) in [5, 5.41) is 9.88. The summed E-state index contributed by atoms with van der Waals surface area (Å²) in [5.41, 5.74) is 1.70. The lowest BCUT2D eigenvalue weighted by Gasteiger charge is -2.36. The van der Waals surface area contributed by atoms with Gasteiger partial charge in [0.25, 0.3) is 11.8 Å². The zero-order chi connectivity index (χ0) is 24.2. The number of aromatic nitrogens is 1. The number of hydrogen-bond donors (Lipinski definition) is 3. The molecule has 3 aromatic rings. The molecule has 2 amide bonds. The van der Waals surface area contributed by atoms with Gasteiger partial charge in [-0.25, -0.2) is 4.98 Å². The lowest BCUT2D eigenvalue weighted by Crippen LogP contribution is -2.54. The molecule has 0 unspecified atom stereocenters. The van der Waals surface area contributed by atoms with E-state index in [1.807, 2.05) is 6.07 Å². The predicted molar refractivity (Wildman–Crippen MR) is 137 cm³/mol. The third-order valence-electron chi connectivity index (χ3n) is 5.45. The van der Waals surface area contributed by atoms with E-state index in [2.05, 4.69) is 39.7 Å². The summed E-state index contributed by atoms with van der Waals surface area (Å²) in [6.07, 6.45) is 1.57. The van der Waals surface area contributed by atoms with E-state index in [1.165, 1.54) is 0 Å². The first-order valence-electron chi connectivity index (χ1n) is 10.9. The van der Waals surface area contributed by atoms with Crippen LogP contribution in [0.25, 0.3) is 0 Å². The van der Waals surface area contributed by atoms with Crippen LogP contribution in [0.3, 0.4) is 0 Å². The minimum atomic E-state index is -0.357. The lowest BCUT2D eigenvalue weighted by molar-refractivity contribution is 0.101. The number of nitrogens with zero attached hydrogens (tertiary/aromatic N) is 2. The Bertz CT molecular complexity index is 1190. The summed E-state index contributed by atoms with van der Waals surface area (Å²) in [6.45, 7) is 6.00. The average Bonchev–Trinajstić information content (AvgIpc) is 2.80. The first kappa shape index (κ1) is 24.0. The van der Waals surface area contributed by atoms with E-state index in [0.29, 0.717) is 44.6 Å². The summed E-state index contributed by atoms with van der Waals surface area (Å²) >= 11 is 12.2. The Balaban J connectivity index is 1.43. The van der Waals surface area contributed by atoms with Crippen molar-refractivity contribution in [1.29, 1.82) is 0 Å². The van der Waals surface area contributed by atoms with Crippen molar-refractivity contribution in [3.63, 3.8) is 0 Å². The highest BCUT2D eigenvalue weighted by Crippen LogP contribution is 2.27. The molecule has 0 bridgehead atoms. The number of pyridine rings is 1. The maximum atomic E-state index is 12.8. The summed E-state index contributed by atoms with van der Waals surface area (Å²) in [4.78, 5) is 32.0. The second-order valence-electron chi connectivity index (χ2n) is 8.39. The molecule has 34 heavy (non-hydrogen) atoms. The second kappa shape index (κ2) is 10.4. The lowest BCUT2D eigenvalue weighted by atomic mass is 10.1. The Morgan fingerprint density at radius 2 is 1.68 bits per heavy atom. The third kappa shape index (κ3) is 5.86. The molecule has 2 atom stereocenters. The molecule has 1 saturated heterocycles. The van der Waals surface area contributed by atoms with E-state index in [9.17, 15) is 9.59 Å². The van der Waals surface area contributed by atoms with Gasteiger partial charge in [0.05, 0.1) is 16.3 Å². The van der Waals surface area contributed by atoms with E-state index in [0.717, 1.165) is 18.9 Å². The van der Waals surface area contributed by atoms with Gasteiger partial charge in [0.15, 0.2) is 0 Å². The van der Waals surface area contributed by atoms with Crippen LogP contribution >= 0.6 is 23.2 Å². The number of carbonyl (C=O) groups is 2. The second-order valence-corrected chi connectivity index (χ2v) is 9.24. The smallest absolute Gasteiger partial charge is 0.257 e. The summed E-state index contributed by atoms with van der Waals surface area (Å²) in [6, 6.07) is 15.8.